The number of hydrogen-bond acceptors (Lipinski definition) is 3. The molecule has 1 aliphatic heterocycles. The maximum absolute atomic E-state index is 12.4. The lowest BCUT2D eigenvalue weighted by molar-refractivity contribution is -0.134. The molecule has 1 N–H and O–H groups in total. The van der Waals surface area contributed by atoms with Crippen LogP contribution in [-0.4, -0.2) is 42.1 Å². The Bertz CT molecular complexity index is 588. The Morgan fingerprint density at radius 1 is 0.957 bits per heavy atom. The number of piperidine rings is 1. The largest absolute Gasteiger partial charge is 0.347 e. The summed E-state index contributed by atoms with van der Waals surface area (Å²) in [5, 5.41) is 2.70. The van der Waals surface area contributed by atoms with E-state index in [2.05, 4.69) is 5.32 Å². The number of likely N-dealkylation sites (tertiary alicyclic amines) is 1. The van der Waals surface area contributed by atoms with Gasteiger partial charge < -0.3 is 10.2 Å². The fraction of sp³-hybridized carbons (Fsp3) is 0.500. The number of hydrogen-bond donors (Lipinski definition) is 1. The van der Waals surface area contributed by atoms with E-state index in [1.54, 1.807) is 4.90 Å². The highest BCUT2D eigenvalue weighted by molar-refractivity contribution is 5.98. The Kier molecular flexibility index (Phi) is 4.74. The molecule has 2 aliphatic rings. The van der Waals surface area contributed by atoms with Crippen LogP contribution in [0, 0.1) is 11.8 Å². The van der Waals surface area contributed by atoms with Gasteiger partial charge in [-0.25, -0.2) is 0 Å². The summed E-state index contributed by atoms with van der Waals surface area (Å²) in [5.41, 5.74) is 0.744. The van der Waals surface area contributed by atoms with Crippen LogP contribution < -0.4 is 5.32 Å². The van der Waals surface area contributed by atoms with Crippen LogP contribution in [0.2, 0.25) is 0 Å². The Labute approximate surface area is 136 Å². The molecule has 122 valence electrons. The lowest BCUT2D eigenvalue weighted by atomic mass is 9.89. The van der Waals surface area contributed by atoms with Crippen LogP contribution in [0.15, 0.2) is 30.3 Å². The fourth-order valence-corrected chi connectivity index (χ4v) is 2.99. The minimum atomic E-state index is -0.0513. The van der Waals surface area contributed by atoms with Gasteiger partial charge in [0.1, 0.15) is 0 Å². The first-order chi connectivity index (χ1) is 11.1. The van der Waals surface area contributed by atoms with Crippen molar-refractivity contribution in [2.75, 3.05) is 19.6 Å². The number of Topliss-reactive ketones (excluding diaryl/α,β-unsaturated/α-hetero) is 1. The summed E-state index contributed by atoms with van der Waals surface area (Å²) in [5.74, 6) is 0.219. The average Bonchev–Trinajstić information content (AvgIpc) is 3.45. The molecule has 0 radical (unpaired) electrons. The Morgan fingerprint density at radius 3 is 2.22 bits per heavy atom. The topological polar surface area (TPSA) is 66.5 Å². The highest BCUT2D eigenvalue weighted by atomic mass is 16.2. The van der Waals surface area contributed by atoms with Gasteiger partial charge in [-0.3, -0.25) is 14.4 Å². The van der Waals surface area contributed by atoms with E-state index in [0.29, 0.717) is 25.9 Å². The fourth-order valence-electron chi connectivity index (χ4n) is 2.99. The van der Waals surface area contributed by atoms with Gasteiger partial charge in [0.15, 0.2) is 5.78 Å². The molecule has 0 spiro atoms. The van der Waals surface area contributed by atoms with E-state index in [1.807, 2.05) is 30.3 Å². The van der Waals surface area contributed by atoms with Gasteiger partial charge in [0.25, 0.3) is 0 Å². The molecule has 0 aromatic heterocycles. The van der Waals surface area contributed by atoms with Crippen LogP contribution in [0.3, 0.4) is 0 Å². The number of nitrogens with zero attached hydrogens (tertiary/aromatic N) is 1. The molecule has 1 saturated heterocycles. The highest BCUT2D eigenvalue weighted by Crippen LogP contribution is 2.28. The predicted octanol–water partition coefficient (Wildman–Crippen LogP) is 1.63. The van der Waals surface area contributed by atoms with Crippen molar-refractivity contribution < 1.29 is 14.4 Å². The van der Waals surface area contributed by atoms with Gasteiger partial charge in [0, 0.05) is 30.5 Å². The Hall–Kier alpha value is -2.17. The van der Waals surface area contributed by atoms with Crippen LogP contribution in [0.1, 0.15) is 36.0 Å². The lowest BCUT2D eigenvalue weighted by Gasteiger charge is -2.31. The smallest absolute Gasteiger partial charge is 0.241 e. The van der Waals surface area contributed by atoms with Crippen molar-refractivity contribution in [3.8, 4) is 0 Å². The standard InChI is InChI=1S/C18H22N2O3/c21-16(12-19-18(23)15-6-7-15)20-10-8-14(9-11-20)17(22)13-4-2-1-3-5-13/h1-5,14-15H,6-12H2,(H,19,23). The van der Waals surface area contributed by atoms with Gasteiger partial charge in [0.2, 0.25) is 11.8 Å². The molecule has 0 bridgehead atoms. The normalized spacial score (nSPS) is 18.5. The Morgan fingerprint density at radius 2 is 1.61 bits per heavy atom. The van der Waals surface area contributed by atoms with Crippen LogP contribution in [0.25, 0.3) is 0 Å². The van der Waals surface area contributed by atoms with Crippen molar-refractivity contribution in [1.82, 2.24) is 10.2 Å². The molecule has 2 amide bonds. The molecular weight excluding hydrogens is 292 g/mol. The second kappa shape index (κ2) is 6.94. The van der Waals surface area contributed by atoms with E-state index in [-0.39, 0.29) is 36.0 Å². The zero-order valence-corrected chi connectivity index (χ0v) is 13.2. The summed E-state index contributed by atoms with van der Waals surface area (Å²) in [6, 6.07) is 9.32. The molecule has 1 aromatic carbocycles. The number of benzene rings is 1. The van der Waals surface area contributed by atoms with Crippen molar-refractivity contribution in [3.05, 3.63) is 35.9 Å². The second-order valence-electron chi connectivity index (χ2n) is 6.38. The molecule has 1 heterocycles. The summed E-state index contributed by atoms with van der Waals surface area (Å²) in [6.45, 7) is 1.25. The summed E-state index contributed by atoms with van der Waals surface area (Å²) in [7, 11) is 0. The van der Waals surface area contributed by atoms with Gasteiger partial charge in [-0.1, -0.05) is 30.3 Å². The number of nitrogens with one attached hydrogen (secondary N) is 1. The molecule has 3 rings (SSSR count). The Balaban J connectivity index is 1.45. The third-order valence-electron chi connectivity index (χ3n) is 4.64. The first-order valence-corrected chi connectivity index (χ1v) is 8.30. The van der Waals surface area contributed by atoms with Gasteiger partial charge in [0.05, 0.1) is 6.54 Å². The number of rotatable bonds is 5. The number of carbonyl (C=O) groups excluding carboxylic acids is 3. The van der Waals surface area contributed by atoms with E-state index in [4.69, 9.17) is 0 Å². The summed E-state index contributed by atoms with van der Waals surface area (Å²) in [4.78, 5) is 37.8. The molecule has 2 fully saturated rings. The van der Waals surface area contributed by atoms with Gasteiger partial charge in [-0.2, -0.15) is 0 Å². The van der Waals surface area contributed by atoms with Gasteiger partial charge >= 0.3 is 0 Å². The predicted molar refractivity (Wildman–Crippen MR) is 85.8 cm³/mol. The van der Waals surface area contributed by atoms with E-state index in [1.165, 1.54) is 0 Å². The molecule has 0 unspecified atom stereocenters. The van der Waals surface area contributed by atoms with Crippen LogP contribution in [-0.2, 0) is 9.59 Å². The van der Waals surface area contributed by atoms with Crippen molar-refractivity contribution in [2.24, 2.45) is 11.8 Å². The van der Waals surface area contributed by atoms with Gasteiger partial charge in [-0.15, -0.1) is 0 Å². The highest BCUT2D eigenvalue weighted by Gasteiger charge is 2.31. The van der Waals surface area contributed by atoms with Gasteiger partial charge in [-0.05, 0) is 25.7 Å². The maximum Gasteiger partial charge on any atom is 0.241 e. The van der Waals surface area contributed by atoms with Crippen molar-refractivity contribution in [2.45, 2.75) is 25.7 Å². The quantitative estimate of drug-likeness (QED) is 0.840. The van der Waals surface area contributed by atoms with Crippen LogP contribution >= 0.6 is 0 Å². The molecular formula is C18H22N2O3. The number of amides is 2. The third kappa shape index (κ3) is 3.97. The summed E-state index contributed by atoms with van der Waals surface area (Å²) < 4.78 is 0. The first-order valence-electron chi connectivity index (χ1n) is 8.30. The minimum absolute atomic E-state index is 0.00695. The van der Waals surface area contributed by atoms with E-state index >= 15 is 0 Å². The van der Waals surface area contributed by atoms with Crippen molar-refractivity contribution in [3.63, 3.8) is 0 Å². The molecule has 5 nitrogen and oxygen atoms in total. The molecule has 1 aromatic rings. The number of ketones is 1. The summed E-state index contributed by atoms with van der Waals surface area (Å²) >= 11 is 0. The monoisotopic (exact) mass is 314 g/mol. The van der Waals surface area contributed by atoms with E-state index < -0.39 is 0 Å². The van der Waals surface area contributed by atoms with Crippen molar-refractivity contribution >= 4 is 17.6 Å². The molecule has 1 saturated carbocycles. The van der Waals surface area contributed by atoms with Crippen LogP contribution in [0.4, 0.5) is 0 Å². The minimum Gasteiger partial charge on any atom is -0.347 e. The lowest BCUT2D eigenvalue weighted by Crippen LogP contribution is -2.45. The van der Waals surface area contributed by atoms with E-state index in [0.717, 1.165) is 18.4 Å². The number of carbonyl (C=O) groups is 3. The first kappa shape index (κ1) is 15.7. The maximum atomic E-state index is 12.4. The van der Waals surface area contributed by atoms with Crippen molar-refractivity contribution in [1.29, 1.82) is 0 Å². The third-order valence-corrected chi connectivity index (χ3v) is 4.64. The second-order valence-corrected chi connectivity index (χ2v) is 6.38. The molecule has 1 aliphatic carbocycles. The molecule has 5 heteroatoms. The molecule has 0 atom stereocenters. The van der Waals surface area contributed by atoms with E-state index in [9.17, 15) is 14.4 Å². The summed E-state index contributed by atoms with van der Waals surface area (Å²) in [6.07, 6.45) is 3.26. The molecule has 23 heavy (non-hydrogen) atoms. The average molecular weight is 314 g/mol. The SMILES string of the molecule is O=C(NCC(=O)N1CCC(C(=O)c2ccccc2)CC1)C1CC1. The van der Waals surface area contributed by atoms with Crippen LogP contribution in [0.5, 0.6) is 0 Å². The zero-order chi connectivity index (χ0) is 16.2. The zero-order valence-electron chi connectivity index (χ0n) is 13.2.